The normalized spacial score (nSPS) is 11.4. The van der Waals surface area contributed by atoms with Gasteiger partial charge in [-0.05, 0) is 24.5 Å². The first kappa shape index (κ1) is 23.4. The van der Waals surface area contributed by atoms with E-state index in [1.165, 1.54) is 4.57 Å². The topological polar surface area (TPSA) is 102 Å². The van der Waals surface area contributed by atoms with Crippen LogP contribution in [-0.4, -0.2) is 25.0 Å². The van der Waals surface area contributed by atoms with E-state index in [4.69, 9.17) is 0 Å². The number of hydrogen-bond acceptors (Lipinski definition) is 4. The first-order valence-corrected chi connectivity index (χ1v) is 10.7. The van der Waals surface area contributed by atoms with Gasteiger partial charge in [0.25, 0.3) is 5.56 Å². The summed E-state index contributed by atoms with van der Waals surface area (Å²) < 4.78 is 30.3. The molecule has 2 heterocycles. The van der Waals surface area contributed by atoms with Crippen LogP contribution in [0.2, 0.25) is 0 Å². The number of carbonyl (C=O) groups excluding carboxylic acids is 1. The van der Waals surface area contributed by atoms with Gasteiger partial charge < -0.3 is 9.88 Å². The predicted octanol–water partition coefficient (Wildman–Crippen LogP) is 3.19. The largest absolute Gasteiger partial charge is 0.330 e. The van der Waals surface area contributed by atoms with Crippen LogP contribution >= 0.6 is 0 Å². The first-order chi connectivity index (χ1) is 15.2. The lowest BCUT2D eigenvalue weighted by Gasteiger charge is -2.12. The number of rotatable bonds is 9. The summed E-state index contributed by atoms with van der Waals surface area (Å²) in [5.74, 6) is -1.26. The molecule has 0 atom stereocenters. The van der Waals surface area contributed by atoms with Gasteiger partial charge in [-0.25, -0.2) is 18.6 Å². The third kappa shape index (κ3) is 5.12. The Morgan fingerprint density at radius 3 is 2.66 bits per heavy atom. The molecule has 2 N–H and O–H groups in total. The van der Waals surface area contributed by atoms with Gasteiger partial charge in [-0.1, -0.05) is 27.2 Å². The van der Waals surface area contributed by atoms with Crippen LogP contribution in [0.15, 0.2) is 27.8 Å². The summed E-state index contributed by atoms with van der Waals surface area (Å²) in [6.07, 6.45) is 1.71. The smallest absolute Gasteiger partial charge is 0.324 e. The van der Waals surface area contributed by atoms with Gasteiger partial charge in [0.2, 0.25) is 5.91 Å². The predicted molar refractivity (Wildman–Crippen MR) is 118 cm³/mol. The van der Waals surface area contributed by atoms with Crippen molar-refractivity contribution in [2.24, 2.45) is 5.92 Å². The van der Waals surface area contributed by atoms with E-state index >= 15 is 0 Å². The van der Waals surface area contributed by atoms with Crippen LogP contribution in [-0.2, 0) is 24.3 Å². The lowest BCUT2D eigenvalue weighted by molar-refractivity contribution is -0.116. The fourth-order valence-corrected chi connectivity index (χ4v) is 3.53. The molecule has 0 fully saturated rings. The zero-order chi connectivity index (χ0) is 23.4. The summed E-state index contributed by atoms with van der Waals surface area (Å²) in [6.45, 7) is 6.85. The van der Waals surface area contributed by atoms with Crippen LogP contribution in [0, 0.1) is 17.6 Å². The van der Waals surface area contributed by atoms with Gasteiger partial charge in [-0.3, -0.25) is 19.1 Å². The van der Waals surface area contributed by atoms with Crippen molar-refractivity contribution >= 4 is 22.8 Å². The average molecular weight is 447 g/mol. The van der Waals surface area contributed by atoms with E-state index in [0.717, 1.165) is 31.0 Å². The number of imidazole rings is 1. The van der Waals surface area contributed by atoms with Gasteiger partial charge in [-0.15, -0.1) is 0 Å². The van der Waals surface area contributed by atoms with Gasteiger partial charge in [-0.2, -0.15) is 0 Å². The van der Waals surface area contributed by atoms with Crippen molar-refractivity contribution in [3.8, 4) is 0 Å². The van der Waals surface area contributed by atoms with Gasteiger partial charge in [0, 0.05) is 32.0 Å². The summed E-state index contributed by atoms with van der Waals surface area (Å²) >= 11 is 0. The van der Waals surface area contributed by atoms with Crippen molar-refractivity contribution in [1.82, 2.24) is 19.1 Å². The Kier molecular flexibility index (Phi) is 7.22. The molecule has 8 nitrogen and oxygen atoms in total. The third-order valence-electron chi connectivity index (χ3n) is 5.03. The van der Waals surface area contributed by atoms with E-state index in [1.807, 2.05) is 20.8 Å². The number of hydrogen-bond donors (Lipinski definition) is 2. The van der Waals surface area contributed by atoms with Crippen molar-refractivity contribution in [3.63, 3.8) is 0 Å². The SMILES string of the molecule is CCCCn1c(=O)[nH]c(=O)c2c1nc(CCC(=O)Nc1cc(F)ccc1F)n2CC(C)C. The van der Waals surface area contributed by atoms with Gasteiger partial charge in [0.1, 0.15) is 17.5 Å². The number of halogens is 2. The van der Waals surface area contributed by atoms with Crippen molar-refractivity contribution < 1.29 is 13.6 Å². The number of amides is 1. The summed E-state index contributed by atoms with van der Waals surface area (Å²) in [5.41, 5.74) is -0.699. The Morgan fingerprint density at radius 2 is 1.97 bits per heavy atom. The lowest BCUT2D eigenvalue weighted by Crippen LogP contribution is -2.31. The molecule has 0 saturated heterocycles. The fourth-order valence-electron chi connectivity index (χ4n) is 3.53. The molecule has 0 bridgehead atoms. The second-order valence-electron chi connectivity index (χ2n) is 8.14. The summed E-state index contributed by atoms with van der Waals surface area (Å²) in [7, 11) is 0. The summed E-state index contributed by atoms with van der Waals surface area (Å²) in [5, 5.41) is 2.36. The zero-order valence-corrected chi connectivity index (χ0v) is 18.4. The monoisotopic (exact) mass is 447 g/mol. The Balaban J connectivity index is 1.93. The molecule has 0 aliphatic carbocycles. The molecule has 3 aromatic rings. The summed E-state index contributed by atoms with van der Waals surface area (Å²) in [6, 6.07) is 2.82. The molecule has 10 heteroatoms. The Morgan fingerprint density at radius 1 is 1.22 bits per heavy atom. The molecule has 1 amide bonds. The second kappa shape index (κ2) is 9.88. The van der Waals surface area contributed by atoms with E-state index in [2.05, 4.69) is 15.3 Å². The zero-order valence-electron chi connectivity index (χ0n) is 18.4. The van der Waals surface area contributed by atoms with Crippen LogP contribution < -0.4 is 16.6 Å². The average Bonchev–Trinajstić information content (AvgIpc) is 3.07. The molecule has 172 valence electrons. The Hall–Kier alpha value is -3.30. The van der Waals surface area contributed by atoms with Crippen LogP contribution in [0.5, 0.6) is 0 Å². The minimum Gasteiger partial charge on any atom is -0.324 e. The van der Waals surface area contributed by atoms with Crippen molar-refractivity contribution in [3.05, 3.63) is 56.5 Å². The highest BCUT2D eigenvalue weighted by molar-refractivity contribution is 5.91. The minimum absolute atomic E-state index is 0.0610. The van der Waals surface area contributed by atoms with Gasteiger partial charge >= 0.3 is 5.69 Å². The van der Waals surface area contributed by atoms with Crippen LogP contribution in [0.3, 0.4) is 0 Å². The number of carbonyl (C=O) groups is 1. The van der Waals surface area contributed by atoms with Gasteiger partial charge in [0.15, 0.2) is 11.2 Å². The van der Waals surface area contributed by atoms with Crippen molar-refractivity contribution in [2.45, 2.75) is 59.5 Å². The number of anilines is 1. The quantitative estimate of drug-likeness (QED) is 0.526. The molecular formula is C22H27F2N5O3. The highest BCUT2D eigenvalue weighted by Gasteiger charge is 2.20. The minimum atomic E-state index is -0.738. The van der Waals surface area contributed by atoms with Crippen LogP contribution in [0.4, 0.5) is 14.5 Å². The molecule has 0 unspecified atom stereocenters. The number of benzene rings is 1. The molecule has 2 aromatic heterocycles. The van der Waals surface area contributed by atoms with Crippen LogP contribution in [0.25, 0.3) is 11.2 Å². The number of H-pyrrole nitrogens is 1. The number of aromatic amines is 1. The van der Waals surface area contributed by atoms with E-state index in [0.29, 0.717) is 30.1 Å². The Labute approximate surface area is 183 Å². The summed E-state index contributed by atoms with van der Waals surface area (Å²) in [4.78, 5) is 44.2. The molecule has 0 aliphatic heterocycles. The van der Waals surface area contributed by atoms with Crippen molar-refractivity contribution in [2.75, 3.05) is 5.32 Å². The first-order valence-electron chi connectivity index (χ1n) is 10.7. The molecule has 0 saturated carbocycles. The molecule has 3 rings (SSSR count). The maximum Gasteiger partial charge on any atom is 0.330 e. The maximum absolute atomic E-state index is 13.8. The second-order valence-corrected chi connectivity index (χ2v) is 8.14. The molecular weight excluding hydrogens is 420 g/mol. The standard InChI is InChI=1S/C22H27F2N5O3/c1-4-5-10-28-20-19(21(31)27-22(28)32)29(12-13(2)3)17(26-20)8-9-18(30)25-16-11-14(23)6-7-15(16)24/h6-7,11,13H,4-5,8-10,12H2,1-3H3,(H,25,30)(H,27,31,32). The Bertz CT molecular complexity index is 1240. The maximum atomic E-state index is 13.8. The van der Waals surface area contributed by atoms with E-state index in [9.17, 15) is 23.2 Å². The van der Waals surface area contributed by atoms with E-state index in [1.54, 1.807) is 4.57 Å². The van der Waals surface area contributed by atoms with Gasteiger partial charge in [0.05, 0.1) is 5.69 Å². The third-order valence-corrected chi connectivity index (χ3v) is 5.03. The van der Waals surface area contributed by atoms with Crippen molar-refractivity contribution in [1.29, 1.82) is 0 Å². The number of fused-ring (bicyclic) bond motifs is 1. The fraction of sp³-hybridized carbons (Fsp3) is 0.455. The number of aromatic nitrogens is 4. The molecule has 1 aromatic carbocycles. The molecule has 0 spiro atoms. The molecule has 0 aliphatic rings. The highest BCUT2D eigenvalue weighted by Crippen LogP contribution is 2.18. The number of nitrogens with zero attached hydrogens (tertiary/aromatic N) is 3. The highest BCUT2D eigenvalue weighted by atomic mass is 19.1. The van der Waals surface area contributed by atoms with Crippen LogP contribution in [0.1, 0.15) is 45.9 Å². The lowest BCUT2D eigenvalue weighted by atomic mass is 10.2. The molecule has 32 heavy (non-hydrogen) atoms. The number of unbranched alkanes of at least 4 members (excludes halogenated alkanes) is 1. The number of aryl methyl sites for hydroxylation is 2. The van der Waals surface area contributed by atoms with E-state index < -0.39 is 28.8 Å². The number of nitrogens with one attached hydrogen (secondary N) is 2. The van der Waals surface area contributed by atoms with E-state index in [-0.39, 0.29) is 24.4 Å². The molecule has 0 radical (unpaired) electrons.